The van der Waals surface area contributed by atoms with Gasteiger partial charge in [-0.1, -0.05) is 25.5 Å². The van der Waals surface area contributed by atoms with Crippen LogP contribution in [0.2, 0.25) is 0 Å². The van der Waals surface area contributed by atoms with E-state index in [1.54, 1.807) is 0 Å². The molecule has 0 radical (unpaired) electrons. The molecule has 0 saturated heterocycles. The summed E-state index contributed by atoms with van der Waals surface area (Å²) in [5, 5.41) is 5.87. The first-order chi connectivity index (χ1) is 11.5. The Bertz CT molecular complexity index is 613. The lowest BCUT2D eigenvalue weighted by Crippen LogP contribution is -2.46. The molecular weight excluding hydrogens is 304 g/mol. The fourth-order valence-electron chi connectivity index (χ4n) is 3.11. The van der Waals surface area contributed by atoms with Crippen LogP contribution in [0.3, 0.4) is 0 Å². The van der Waals surface area contributed by atoms with Crippen LogP contribution in [0.5, 0.6) is 5.75 Å². The van der Waals surface area contributed by atoms with E-state index in [9.17, 15) is 9.59 Å². The summed E-state index contributed by atoms with van der Waals surface area (Å²) in [5.41, 5.74) is 1.73. The molecule has 130 valence electrons. The maximum atomic E-state index is 12.8. The van der Waals surface area contributed by atoms with E-state index in [-0.39, 0.29) is 23.8 Å². The van der Waals surface area contributed by atoms with Gasteiger partial charge in [-0.15, -0.1) is 0 Å². The topological polar surface area (TPSA) is 67.4 Å². The van der Waals surface area contributed by atoms with Gasteiger partial charge < -0.3 is 15.4 Å². The number of carbonyl (C=O) groups excluding carboxylic acids is 2. The third kappa shape index (κ3) is 4.60. The molecule has 0 spiro atoms. The number of hydrogen-bond acceptors (Lipinski definition) is 3. The summed E-state index contributed by atoms with van der Waals surface area (Å²) in [6.07, 6.45) is 4.83. The fraction of sp³-hybridized carbons (Fsp3) is 0.474. The molecule has 0 bridgehead atoms. The largest absolute Gasteiger partial charge is 0.492 e. The van der Waals surface area contributed by atoms with Gasteiger partial charge in [0, 0.05) is 6.04 Å². The van der Waals surface area contributed by atoms with Crippen molar-refractivity contribution in [2.75, 3.05) is 11.9 Å². The minimum atomic E-state index is -0.238. The van der Waals surface area contributed by atoms with Crippen molar-refractivity contribution in [2.24, 2.45) is 5.92 Å². The lowest BCUT2D eigenvalue weighted by Gasteiger charge is -2.31. The van der Waals surface area contributed by atoms with Crippen molar-refractivity contribution < 1.29 is 14.3 Å². The Morgan fingerprint density at radius 3 is 2.79 bits per heavy atom. The molecular formula is C19H26N2O3. The van der Waals surface area contributed by atoms with E-state index < -0.39 is 0 Å². The summed E-state index contributed by atoms with van der Waals surface area (Å²) < 4.78 is 5.59. The Labute approximate surface area is 143 Å². The molecule has 1 aliphatic rings. The van der Waals surface area contributed by atoms with Gasteiger partial charge in [-0.05, 0) is 50.5 Å². The van der Waals surface area contributed by atoms with E-state index in [2.05, 4.69) is 17.2 Å². The maximum absolute atomic E-state index is 12.8. The first-order valence-corrected chi connectivity index (χ1v) is 8.52. The van der Waals surface area contributed by atoms with E-state index in [4.69, 9.17) is 4.74 Å². The second kappa shape index (κ2) is 8.52. The Kier molecular flexibility index (Phi) is 6.41. The van der Waals surface area contributed by atoms with E-state index in [1.165, 1.54) is 6.08 Å². The normalized spacial score (nSPS) is 20.1. The number of amides is 2. The third-order valence-electron chi connectivity index (χ3n) is 4.31. The highest BCUT2D eigenvalue weighted by molar-refractivity contribution is 5.95. The molecule has 0 unspecified atom stereocenters. The average molecular weight is 330 g/mol. The van der Waals surface area contributed by atoms with Crippen LogP contribution in [-0.4, -0.2) is 24.5 Å². The Morgan fingerprint density at radius 1 is 1.33 bits per heavy atom. The van der Waals surface area contributed by atoms with Crippen LogP contribution < -0.4 is 15.4 Å². The van der Waals surface area contributed by atoms with Gasteiger partial charge in [-0.2, -0.15) is 0 Å². The molecule has 1 saturated carbocycles. The molecule has 2 amide bonds. The number of rotatable bonds is 6. The minimum Gasteiger partial charge on any atom is -0.492 e. The molecule has 0 aromatic heterocycles. The monoisotopic (exact) mass is 330 g/mol. The van der Waals surface area contributed by atoms with Crippen LogP contribution in [0.15, 0.2) is 30.9 Å². The number of nitrogens with one attached hydrogen (secondary N) is 2. The molecule has 24 heavy (non-hydrogen) atoms. The highest BCUT2D eigenvalue weighted by Gasteiger charge is 2.32. The van der Waals surface area contributed by atoms with E-state index in [0.29, 0.717) is 18.0 Å². The lowest BCUT2D eigenvalue weighted by atomic mass is 9.83. The number of carbonyl (C=O) groups is 2. The van der Waals surface area contributed by atoms with Gasteiger partial charge in [0.05, 0.1) is 18.2 Å². The van der Waals surface area contributed by atoms with Gasteiger partial charge in [0.2, 0.25) is 11.8 Å². The zero-order chi connectivity index (χ0) is 17.5. The number of ether oxygens (including phenoxy) is 1. The SMILES string of the molecule is C=CC(=O)N[C@@H]1CCCC[C@@H]1C(=O)Nc1cc(C)ccc1OCC. The predicted molar refractivity (Wildman–Crippen MR) is 95.1 cm³/mol. The number of benzene rings is 1. The van der Waals surface area contributed by atoms with Crippen LogP contribution in [0, 0.1) is 12.8 Å². The summed E-state index contributed by atoms with van der Waals surface area (Å²) in [6, 6.07) is 5.58. The van der Waals surface area contributed by atoms with E-state index in [1.807, 2.05) is 32.0 Å². The van der Waals surface area contributed by atoms with Crippen molar-refractivity contribution in [1.82, 2.24) is 5.32 Å². The first kappa shape index (κ1) is 18.0. The van der Waals surface area contributed by atoms with Crippen LogP contribution >= 0.6 is 0 Å². The number of anilines is 1. The summed E-state index contributed by atoms with van der Waals surface area (Å²) in [4.78, 5) is 24.4. The number of hydrogen-bond donors (Lipinski definition) is 2. The fourth-order valence-corrected chi connectivity index (χ4v) is 3.11. The van der Waals surface area contributed by atoms with Gasteiger partial charge in [0.15, 0.2) is 0 Å². The van der Waals surface area contributed by atoms with Crippen LogP contribution in [-0.2, 0) is 9.59 Å². The van der Waals surface area contributed by atoms with Gasteiger partial charge in [0.25, 0.3) is 0 Å². The summed E-state index contributed by atoms with van der Waals surface area (Å²) in [7, 11) is 0. The van der Waals surface area contributed by atoms with Crippen molar-refractivity contribution in [2.45, 2.75) is 45.6 Å². The summed E-state index contributed by atoms with van der Waals surface area (Å²) in [5.74, 6) is 0.123. The van der Waals surface area contributed by atoms with Gasteiger partial charge >= 0.3 is 0 Å². The highest BCUT2D eigenvalue weighted by atomic mass is 16.5. The van der Waals surface area contributed by atoms with Crippen molar-refractivity contribution in [3.05, 3.63) is 36.4 Å². The molecule has 2 rings (SSSR count). The van der Waals surface area contributed by atoms with Gasteiger partial charge in [0.1, 0.15) is 5.75 Å². The van der Waals surface area contributed by atoms with Crippen molar-refractivity contribution >= 4 is 17.5 Å². The standard InChI is InChI=1S/C19H26N2O3/c1-4-18(22)20-15-9-7-6-8-14(15)19(23)21-16-12-13(3)10-11-17(16)24-5-2/h4,10-12,14-15H,1,5-9H2,2-3H3,(H,20,22)(H,21,23)/t14-,15+/m0/s1. The zero-order valence-electron chi connectivity index (χ0n) is 14.4. The Morgan fingerprint density at radius 2 is 2.08 bits per heavy atom. The van der Waals surface area contributed by atoms with Crippen molar-refractivity contribution in [3.63, 3.8) is 0 Å². The first-order valence-electron chi connectivity index (χ1n) is 8.52. The molecule has 2 N–H and O–H groups in total. The third-order valence-corrected chi connectivity index (χ3v) is 4.31. The molecule has 1 aliphatic carbocycles. The second-order valence-electron chi connectivity index (χ2n) is 6.13. The Balaban J connectivity index is 2.13. The van der Waals surface area contributed by atoms with Crippen LogP contribution in [0.1, 0.15) is 38.2 Å². The van der Waals surface area contributed by atoms with E-state index >= 15 is 0 Å². The quantitative estimate of drug-likeness (QED) is 0.787. The van der Waals surface area contributed by atoms with Crippen LogP contribution in [0.25, 0.3) is 0 Å². The molecule has 1 aromatic carbocycles. The predicted octanol–water partition coefficient (Wildman–Crippen LogP) is 3.19. The average Bonchev–Trinajstić information content (AvgIpc) is 2.57. The summed E-state index contributed by atoms with van der Waals surface area (Å²) >= 11 is 0. The zero-order valence-corrected chi connectivity index (χ0v) is 14.4. The molecule has 5 nitrogen and oxygen atoms in total. The number of aryl methyl sites for hydroxylation is 1. The molecule has 1 aromatic rings. The maximum Gasteiger partial charge on any atom is 0.243 e. The lowest BCUT2D eigenvalue weighted by molar-refractivity contribution is -0.123. The smallest absolute Gasteiger partial charge is 0.243 e. The minimum absolute atomic E-state index is 0.0735. The van der Waals surface area contributed by atoms with Crippen molar-refractivity contribution in [3.8, 4) is 5.75 Å². The Hall–Kier alpha value is -2.30. The van der Waals surface area contributed by atoms with Crippen LogP contribution in [0.4, 0.5) is 5.69 Å². The van der Waals surface area contributed by atoms with E-state index in [0.717, 1.165) is 31.2 Å². The highest BCUT2D eigenvalue weighted by Crippen LogP contribution is 2.29. The molecule has 1 fully saturated rings. The molecule has 5 heteroatoms. The molecule has 0 aliphatic heterocycles. The summed E-state index contributed by atoms with van der Waals surface area (Å²) in [6.45, 7) is 7.89. The second-order valence-corrected chi connectivity index (χ2v) is 6.13. The van der Waals surface area contributed by atoms with Crippen molar-refractivity contribution in [1.29, 1.82) is 0 Å². The van der Waals surface area contributed by atoms with Gasteiger partial charge in [-0.3, -0.25) is 9.59 Å². The molecule has 0 heterocycles. The van der Waals surface area contributed by atoms with Gasteiger partial charge in [-0.25, -0.2) is 0 Å². The molecule has 2 atom stereocenters.